The van der Waals surface area contributed by atoms with Gasteiger partial charge in [0.25, 0.3) is 0 Å². The summed E-state index contributed by atoms with van der Waals surface area (Å²) in [7, 11) is 0. The van der Waals surface area contributed by atoms with Crippen molar-refractivity contribution in [2.24, 2.45) is 0 Å². The van der Waals surface area contributed by atoms with E-state index in [1.54, 1.807) is 30.5 Å². The number of amides is 2. The van der Waals surface area contributed by atoms with Crippen molar-refractivity contribution in [3.05, 3.63) is 76.5 Å². The number of aryl methyl sites for hydroxylation is 2. The SMILES string of the molecule is CC(=O)Nc1ccc(NC(=O)Cn2nc3c(Sc4ccc(C)cc4C)nccn3c2=O)cc1. The van der Waals surface area contributed by atoms with E-state index in [2.05, 4.69) is 26.8 Å². The first kappa shape index (κ1) is 22.3. The van der Waals surface area contributed by atoms with E-state index in [0.29, 0.717) is 22.0 Å². The molecular formula is C23H22N6O3S. The summed E-state index contributed by atoms with van der Waals surface area (Å²) >= 11 is 1.42. The summed E-state index contributed by atoms with van der Waals surface area (Å²) in [5.41, 5.74) is 3.40. The Morgan fingerprint density at radius 3 is 2.39 bits per heavy atom. The van der Waals surface area contributed by atoms with Crippen molar-refractivity contribution in [3.8, 4) is 0 Å². The lowest BCUT2D eigenvalue weighted by Crippen LogP contribution is -2.28. The van der Waals surface area contributed by atoms with Crippen LogP contribution in [0.4, 0.5) is 11.4 Å². The molecule has 0 radical (unpaired) electrons. The molecule has 4 rings (SSSR count). The Morgan fingerprint density at radius 1 is 1.03 bits per heavy atom. The number of carbonyl (C=O) groups excluding carboxylic acids is 2. The maximum absolute atomic E-state index is 12.8. The Hall–Kier alpha value is -3.92. The number of nitrogens with zero attached hydrogens (tertiary/aromatic N) is 4. The molecular weight excluding hydrogens is 440 g/mol. The van der Waals surface area contributed by atoms with Crippen LogP contribution in [0.3, 0.4) is 0 Å². The van der Waals surface area contributed by atoms with E-state index < -0.39 is 11.6 Å². The van der Waals surface area contributed by atoms with Gasteiger partial charge in [0.15, 0.2) is 5.65 Å². The molecule has 10 heteroatoms. The third-order valence-electron chi connectivity index (χ3n) is 4.79. The van der Waals surface area contributed by atoms with Gasteiger partial charge in [0.1, 0.15) is 11.6 Å². The van der Waals surface area contributed by atoms with Gasteiger partial charge >= 0.3 is 5.69 Å². The first-order valence-corrected chi connectivity index (χ1v) is 11.0. The minimum absolute atomic E-state index is 0.178. The molecule has 9 nitrogen and oxygen atoms in total. The van der Waals surface area contributed by atoms with Crippen LogP contribution in [-0.2, 0) is 16.1 Å². The first-order valence-electron chi connectivity index (χ1n) is 10.2. The number of rotatable bonds is 6. The quantitative estimate of drug-likeness (QED) is 0.455. The molecule has 2 aromatic carbocycles. The highest BCUT2D eigenvalue weighted by molar-refractivity contribution is 7.99. The number of hydrogen-bond donors (Lipinski definition) is 2. The smallest absolute Gasteiger partial charge is 0.326 e. The summed E-state index contributed by atoms with van der Waals surface area (Å²) in [6, 6.07) is 12.8. The molecule has 0 spiro atoms. The monoisotopic (exact) mass is 462 g/mol. The van der Waals surface area contributed by atoms with E-state index in [1.165, 1.54) is 34.8 Å². The summed E-state index contributed by atoms with van der Waals surface area (Å²) < 4.78 is 2.50. The second-order valence-corrected chi connectivity index (χ2v) is 8.57. The van der Waals surface area contributed by atoms with Gasteiger partial charge < -0.3 is 10.6 Å². The van der Waals surface area contributed by atoms with Gasteiger partial charge in [-0.25, -0.2) is 18.9 Å². The van der Waals surface area contributed by atoms with Gasteiger partial charge in [0.05, 0.1) is 0 Å². The molecule has 33 heavy (non-hydrogen) atoms. The van der Waals surface area contributed by atoms with Crippen LogP contribution < -0.4 is 16.3 Å². The van der Waals surface area contributed by atoms with Crippen LogP contribution in [-0.4, -0.2) is 31.0 Å². The molecule has 2 N–H and O–H groups in total. The van der Waals surface area contributed by atoms with Crippen molar-refractivity contribution >= 4 is 40.6 Å². The summed E-state index contributed by atoms with van der Waals surface area (Å²) in [6.45, 7) is 5.22. The molecule has 0 unspecified atom stereocenters. The number of hydrogen-bond acceptors (Lipinski definition) is 6. The molecule has 0 aliphatic heterocycles. The van der Waals surface area contributed by atoms with E-state index in [1.807, 2.05) is 26.0 Å². The van der Waals surface area contributed by atoms with Crippen molar-refractivity contribution in [2.45, 2.75) is 37.2 Å². The standard InChI is InChI=1S/C23H22N6O3S/c1-14-4-9-19(15(2)12-14)33-22-21-27-29(23(32)28(21)11-10-24-22)13-20(31)26-18-7-5-17(6-8-18)25-16(3)30/h4-12H,13H2,1-3H3,(H,25,30)(H,26,31). The predicted octanol–water partition coefficient (Wildman–Crippen LogP) is 3.26. The Bertz CT molecular complexity index is 1410. The van der Waals surface area contributed by atoms with Gasteiger partial charge in [0, 0.05) is 35.6 Å². The maximum atomic E-state index is 12.8. The summed E-state index contributed by atoms with van der Waals surface area (Å²) in [6.07, 6.45) is 3.08. The van der Waals surface area contributed by atoms with E-state index in [4.69, 9.17) is 0 Å². The average molecular weight is 463 g/mol. The maximum Gasteiger partial charge on any atom is 0.350 e. The van der Waals surface area contributed by atoms with Crippen molar-refractivity contribution in [2.75, 3.05) is 10.6 Å². The van der Waals surface area contributed by atoms with E-state index in [-0.39, 0.29) is 12.5 Å². The Labute approximate surface area is 193 Å². The molecule has 2 amide bonds. The molecule has 0 aliphatic carbocycles. The zero-order valence-corrected chi connectivity index (χ0v) is 19.1. The van der Waals surface area contributed by atoms with Gasteiger partial charge in [-0.3, -0.25) is 9.59 Å². The Morgan fingerprint density at radius 2 is 1.73 bits per heavy atom. The van der Waals surface area contributed by atoms with Crippen molar-refractivity contribution in [1.29, 1.82) is 0 Å². The minimum Gasteiger partial charge on any atom is -0.326 e. The highest BCUT2D eigenvalue weighted by Gasteiger charge is 2.16. The normalized spacial score (nSPS) is 10.9. The zero-order chi connectivity index (χ0) is 23.5. The third kappa shape index (κ3) is 5.12. The molecule has 4 aromatic rings. The van der Waals surface area contributed by atoms with Gasteiger partial charge in [-0.15, -0.1) is 5.10 Å². The molecule has 2 heterocycles. The fraction of sp³-hybridized carbons (Fsp3) is 0.174. The third-order valence-corrected chi connectivity index (χ3v) is 5.95. The summed E-state index contributed by atoms with van der Waals surface area (Å²) in [5, 5.41) is 10.3. The van der Waals surface area contributed by atoms with Crippen molar-refractivity contribution in [1.82, 2.24) is 19.2 Å². The van der Waals surface area contributed by atoms with Crippen LogP contribution in [0, 0.1) is 13.8 Å². The number of fused-ring (bicyclic) bond motifs is 1. The van der Waals surface area contributed by atoms with Gasteiger partial charge in [-0.1, -0.05) is 29.5 Å². The van der Waals surface area contributed by atoms with Crippen molar-refractivity contribution in [3.63, 3.8) is 0 Å². The summed E-state index contributed by atoms with van der Waals surface area (Å²) in [5.74, 6) is -0.577. The molecule has 0 bridgehead atoms. The molecule has 168 valence electrons. The fourth-order valence-electron chi connectivity index (χ4n) is 3.30. The van der Waals surface area contributed by atoms with Gasteiger partial charge in [0.2, 0.25) is 11.8 Å². The molecule has 0 saturated carbocycles. The predicted molar refractivity (Wildman–Crippen MR) is 127 cm³/mol. The van der Waals surface area contributed by atoms with Crippen LogP contribution in [0.1, 0.15) is 18.1 Å². The molecule has 0 fully saturated rings. The van der Waals surface area contributed by atoms with E-state index in [9.17, 15) is 14.4 Å². The van der Waals surface area contributed by atoms with E-state index in [0.717, 1.165) is 15.1 Å². The molecule has 2 aromatic heterocycles. The van der Waals surface area contributed by atoms with Crippen LogP contribution in [0.25, 0.3) is 5.65 Å². The highest BCUT2D eigenvalue weighted by atomic mass is 32.2. The van der Waals surface area contributed by atoms with Crippen LogP contribution >= 0.6 is 11.8 Å². The first-order chi connectivity index (χ1) is 15.8. The molecule has 0 atom stereocenters. The number of aromatic nitrogens is 4. The molecule has 0 aliphatic rings. The number of benzene rings is 2. The molecule has 0 saturated heterocycles. The van der Waals surface area contributed by atoms with Crippen LogP contribution in [0.2, 0.25) is 0 Å². The van der Waals surface area contributed by atoms with E-state index >= 15 is 0 Å². The second-order valence-electron chi connectivity index (χ2n) is 7.54. The topological polar surface area (TPSA) is 110 Å². The van der Waals surface area contributed by atoms with Crippen molar-refractivity contribution < 1.29 is 9.59 Å². The van der Waals surface area contributed by atoms with Gasteiger partial charge in [-0.2, -0.15) is 0 Å². The Balaban J connectivity index is 1.53. The van der Waals surface area contributed by atoms with Crippen LogP contribution in [0.15, 0.2) is 69.6 Å². The fourth-order valence-corrected chi connectivity index (χ4v) is 4.20. The number of anilines is 2. The largest absolute Gasteiger partial charge is 0.350 e. The second kappa shape index (κ2) is 9.29. The summed E-state index contributed by atoms with van der Waals surface area (Å²) in [4.78, 5) is 41.8. The lowest BCUT2D eigenvalue weighted by molar-refractivity contribution is -0.117. The lowest BCUT2D eigenvalue weighted by atomic mass is 10.2. The van der Waals surface area contributed by atoms with Gasteiger partial charge in [-0.05, 0) is 49.7 Å². The lowest BCUT2D eigenvalue weighted by Gasteiger charge is -2.06. The number of carbonyl (C=O) groups is 2. The highest BCUT2D eigenvalue weighted by Crippen LogP contribution is 2.31. The zero-order valence-electron chi connectivity index (χ0n) is 18.3. The minimum atomic E-state index is -0.425. The average Bonchev–Trinajstić information content (AvgIpc) is 3.07. The number of nitrogens with one attached hydrogen (secondary N) is 2. The Kier molecular flexibility index (Phi) is 6.27. The van der Waals surface area contributed by atoms with Crippen LogP contribution in [0.5, 0.6) is 0 Å².